The van der Waals surface area contributed by atoms with Gasteiger partial charge in [0.15, 0.2) is 0 Å². The average Bonchev–Trinajstić information content (AvgIpc) is 3.42. The summed E-state index contributed by atoms with van der Waals surface area (Å²) in [4.78, 5) is 9.21. The number of aromatic nitrogens is 2. The standard InChI is InChI=1S/C23H27IN3O3/c1-4-28-20-10-8-18(14-21(20)29-24-3)23-25-22(26-30-23)19-9-7-17(13-16(19)2)15-27-11-5-6-12-27/h7-10,13-14H,4-6,11-12,15H2,1-3H3/q-1. The Morgan fingerprint density at radius 1 is 1.10 bits per heavy atom. The molecule has 6 nitrogen and oxygen atoms in total. The molecule has 0 aliphatic carbocycles. The summed E-state index contributed by atoms with van der Waals surface area (Å²) >= 11 is -0.377. The molecule has 0 bridgehead atoms. The van der Waals surface area contributed by atoms with Gasteiger partial charge in [-0.1, -0.05) is 0 Å². The number of hydrogen-bond donors (Lipinski definition) is 0. The summed E-state index contributed by atoms with van der Waals surface area (Å²) in [5.74, 6) is 2.56. The van der Waals surface area contributed by atoms with Crippen LogP contribution in [-0.4, -0.2) is 39.7 Å². The zero-order valence-electron chi connectivity index (χ0n) is 17.7. The first kappa shape index (κ1) is 21.1. The Morgan fingerprint density at radius 3 is 2.67 bits per heavy atom. The fourth-order valence-corrected chi connectivity index (χ4v) is 4.60. The molecule has 0 saturated carbocycles. The second-order valence-corrected chi connectivity index (χ2v) is 8.70. The SMILES string of the molecule is CCOc1ccc(-c2nc(-c3ccc(CN4CCCC4)cc3C)no2)cc1O[I-]C. The Balaban J connectivity index is 1.56. The summed E-state index contributed by atoms with van der Waals surface area (Å²) < 4.78 is 17.0. The van der Waals surface area contributed by atoms with Gasteiger partial charge in [0, 0.05) is 0 Å². The molecule has 30 heavy (non-hydrogen) atoms. The van der Waals surface area contributed by atoms with Crippen molar-refractivity contribution in [3.63, 3.8) is 0 Å². The van der Waals surface area contributed by atoms with Crippen LogP contribution < -0.4 is 29.4 Å². The molecule has 2 heterocycles. The van der Waals surface area contributed by atoms with Crippen LogP contribution in [0.15, 0.2) is 40.9 Å². The van der Waals surface area contributed by atoms with Crippen LogP contribution >= 0.6 is 0 Å². The monoisotopic (exact) mass is 520 g/mol. The molecule has 1 saturated heterocycles. The van der Waals surface area contributed by atoms with E-state index in [1.807, 2.05) is 25.1 Å². The topological polar surface area (TPSA) is 60.6 Å². The molecule has 0 N–H and O–H groups in total. The van der Waals surface area contributed by atoms with Crippen LogP contribution in [0.5, 0.6) is 11.5 Å². The molecule has 4 rings (SSSR count). The van der Waals surface area contributed by atoms with Gasteiger partial charge in [-0.25, -0.2) is 0 Å². The van der Waals surface area contributed by atoms with Gasteiger partial charge < -0.3 is 0 Å². The van der Waals surface area contributed by atoms with Gasteiger partial charge in [0.05, 0.1) is 0 Å². The van der Waals surface area contributed by atoms with Crippen molar-refractivity contribution in [2.75, 3.05) is 24.6 Å². The van der Waals surface area contributed by atoms with Crippen molar-refractivity contribution in [2.45, 2.75) is 33.2 Å². The van der Waals surface area contributed by atoms with Crippen LogP contribution in [0.4, 0.5) is 0 Å². The summed E-state index contributed by atoms with van der Waals surface area (Å²) in [6.45, 7) is 8.06. The van der Waals surface area contributed by atoms with E-state index in [-0.39, 0.29) is 21.6 Å². The molecule has 7 heteroatoms. The van der Waals surface area contributed by atoms with E-state index in [9.17, 15) is 0 Å². The number of alkyl halides is 1. The van der Waals surface area contributed by atoms with Gasteiger partial charge in [-0.2, -0.15) is 0 Å². The molecule has 0 amide bonds. The summed E-state index contributed by atoms with van der Waals surface area (Å²) in [7, 11) is 0. The Bertz CT molecular complexity index is 999. The molecule has 1 aromatic heterocycles. The number of nitrogens with zero attached hydrogens (tertiary/aromatic N) is 3. The summed E-state index contributed by atoms with van der Waals surface area (Å²) in [5.41, 5.74) is 4.31. The van der Waals surface area contributed by atoms with E-state index in [0.717, 1.165) is 34.7 Å². The van der Waals surface area contributed by atoms with Gasteiger partial charge in [0.1, 0.15) is 0 Å². The molecule has 1 fully saturated rings. The maximum atomic E-state index is 5.82. The predicted octanol–water partition coefficient (Wildman–Crippen LogP) is 1.72. The Labute approximate surface area is 188 Å². The fourth-order valence-electron chi connectivity index (χ4n) is 3.78. The van der Waals surface area contributed by atoms with Gasteiger partial charge in [-0.15, -0.1) is 0 Å². The van der Waals surface area contributed by atoms with Crippen molar-refractivity contribution < 1.29 is 33.9 Å². The fraction of sp³-hybridized carbons (Fsp3) is 0.391. The van der Waals surface area contributed by atoms with Crippen LogP contribution in [-0.2, 0) is 6.54 Å². The maximum absolute atomic E-state index is 5.82. The van der Waals surface area contributed by atoms with Gasteiger partial charge in [0.2, 0.25) is 0 Å². The van der Waals surface area contributed by atoms with E-state index in [1.165, 1.54) is 31.5 Å². The Morgan fingerprint density at radius 2 is 1.93 bits per heavy atom. The normalized spacial score (nSPS) is 14.4. The Hall–Kier alpha value is -2.13. The van der Waals surface area contributed by atoms with Crippen LogP contribution in [0.3, 0.4) is 0 Å². The van der Waals surface area contributed by atoms with Crippen LogP contribution in [0.2, 0.25) is 0 Å². The molecule has 1 aliphatic rings. The number of benzene rings is 2. The van der Waals surface area contributed by atoms with E-state index >= 15 is 0 Å². The van der Waals surface area contributed by atoms with Crippen molar-refractivity contribution in [2.24, 2.45) is 0 Å². The number of hydrogen-bond acceptors (Lipinski definition) is 6. The molecular formula is C23H27IN3O3-. The van der Waals surface area contributed by atoms with Gasteiger partial charge in [0.25, 0.3) is 0 Å². The summed E-state index contributed by atoms with van der Waals surface area (Å²) in [6, 6.07) is 12.2. The Kier molecular flexibility index (Phi) is 6.89. The third kappa shape index (κ3) is 4.78. The van der Waals surface area contributed by atoms with Crippen molar-refractivity contribution in [3.05, 3.63) is 47.5 Å². The molecule has 0 spiro atoms. The zero-order chi connectivity index (χ0) is 20.9. The molecular weight excluding hydrogens is 493 g/mol. The molecule has 1 aliphatic heterocycles. The minimum atomic E-state index is -0.377. The molecule has 0 radical (unpaired) electrons. The van der Waals surface area contributed by atoms with E-state index in [0.29, 0.717) is 18.3 Å². The van der Waals surface area contributed by atoms with E-state index in [2.05, 4.69) is 45.1 Å². The third-order valence-corrected chi connectivity index (χ3v) is 6.13. The minimum absolute atomic E-state index is 0.377. The zero-order valence-corrected chi connectivity index (χ0v) is 19.8. The summed E-state index contributed by atoms with van der Waals surface area (Å²) in [5, 5.41) is 4.23. The van der Waals surface area contributed by atoms with Crippen molar-refractivity contribution in [3.8, 4) is 34.3 Å². The second-order valence-electron chi connectivity index (χ2n) is 7.38. The number of likely N-dealkylation sites (tertiary alicyclic amines) is 1. The van der Waals surface area contributed by atoms with Crippen molar-refractivity contribution >= 4 is 0 Å². The summed E-state index contributed by atoms with van der Waals surface area (Å²) in [6.07, 6.45) is 2.61. The van der Waals surface area contributed by atoms with Crippen LogP contribution in [0.25, 0.3) is 22.8 Å². The van der Waals surface area contributed by atoms with Crippen LogP contribution in [0.1, 0.15) is 30.9 Å². The molecule has 3 aromatic rings. The first-order valence-corrected chi connectivity index (χ1v) is 13.3. The average molecular weight is 520 g/mol. The van der Waals surface area contributed by atoms with E-state index < -0.39 is 0 Å². The third-order valence-electron chi connectivity index (χ3n) is 5.21. The molecule has 0 atom stereocenters. The number of rotatable bonds is 8. The van der Waals surface area contributed by atoms with Gasteiger partial charge in [-0.05, 0) is 25.9 Å². The molecule has 160 valence electrons. The van der Waals surface area contributed by atoms with Gasteiger partial charge in [-0.3, -0.25) is 4.90 Å². The first-order valence-electron chi connectivity index (χ1n) is 10.3. The van der Waals surface area contributed by atoms with Gasteiger partial charge >= 0.3 is 158 Å². The quantitative estimate of drug-likeness (QED) is 0.333. The van der Waals surface area contributed by atoms with E-state index in [4.69, 9.17) is 12.3 Å². The second kappa shape index (κ2) is 9.78. The number of aryl methyl sites for hydroxylation is 1. The van der Waals surface area contributed by atoms with Crippen molar-refractivity contribution in [1.29, 1.82) is 0 Å². The van der Waals surface area contributed by atoms with E-state index in [1.54, 1.807) is 0 Å². The molecule has 2 aromatic carbocycles. The number of halogens is 1. The molecule has 0 unspecified atom stereocenters. The van der Waals surface area contributed by atoms with Crippen molar-refractivity contribution in [1.82, 2.24) is 15.0 Å². The first-order chi connectivity index (χ1) is 14.7. The number of ether oxygens (including phenoxy) is 1. The predicted molar refractivity (Wildman–Crippen MR) is 112 cm³/mol. The van der Waals surface area contributed by atoms with Crippen LogP contribution in [0, 0.1) is 6.92 Å².